The van der Waals surface area contributed by atoms with E-state index in [1.807, 2.05) is 45.0 Å². The highest BCUT2D eigenvalue weighted by atomic mass is 16.6. The molecule has 0 unspecified atom stereocenters. The fourth-order valence-corrected chi connectivity index (χ4v) is 3.49. The SMILES string of the molecule is CC(=O)N1c2ccc(C3=CCN=N3)cc2[C@H](NC(=O)OC(C)C)C[C@@H]1C. The largest absolute Gasteiger partial charge is 0.447 e. The maximum absolute atomic E-state index is 12.2. The molecule has 7 nitrogen and oxygen atoms in total. The van der Waals surface area contributed by atoms with Crippen molar-refractivity contribution in [3.8, 4) is 0 Å². The number of fused-ring (bicyclic) bond motifs is 1. The summed E-state index contributed by atoms with van der Waals surface area (Å²) in [7, 11) is 0. The van der Waals surface area contributed by atoms with Crippen LogP contribution in [0, 0.1) is 0 Å². The summed E-state index contributed by atoms with van der Waals surface area (Å²) >= 11 is 0. The maximum Gasteiger partial charge on any atom is 0.407 e. The number of nitrogens with zero attached hydrogens (tertiary/aromatic N) is 3. The molecule has 1 aromatic carbocycles. The number of benzene rings is 1. The summed E-state index contributed by atoms with van der Waals surface area (Å²) in [6.45, 7) is 7.73. The highest BCUT2D eigenvalue weighted by molar-refractivity contribution is 5.94. The van der Waals surface area contributed by atoms with Crippen LogP contribution in [0.3, 0.4) is 0 Å². The zero-order valence-corrected chi connectivity index (χ0v) is 15.5. The van der Waals surface area contributed by atoms with Gasteiger partial charge in [-0.3, -0.25) is 4.79 Å². The van der Waals surface area contributed by atoms with E-state index >= 15 is 0 Å². The van der Waals surface area contributed by atoms with Gasteiger partial charge in [0.05, 0.1) is 24.4 Å². The minimum absolute atomic E-state index is 0.0190. The van der Waals surface area contributed by atoms with Crippen LogP contribution in [0.2, 0.25) is 0 Å². The van der Waals surface area contributed by atoms with Crippen LogP contribution >= 0.6 is 0 Å². The molecule has 0 aliphatic carbocycles. The number of hydrogen-bond acceptors (Lipinski definition) is 5. The van der Waals surface area contributed by atoms with Gasteiger partial charge in [-0.15, -0.1) is 0 Å². The molecule has 3 rings (SSSR count). The van der Waals surface area contributed by atoms with Gasteiger partial charge < -0.3 is 15.0 Å². The molecular weight excluding hydrogens is 332 g/mol. The number of rotatable bonds is 3. The summed E-state index contributed by atoms with van der Waals surface area (Å²) in [6.07, 6.45) is 1.92. The summed E-state index contributed by atoms with van der Waals surface area (Å²) in [5.74, 6) is -0.0190. The second-order valence-corrected chi connectivity index (χ2v) is 6.91. The number of alkyl carbamates (subject to hydrolysis) is 1. The van der Waals surface area contributed by atoms with Crippen LogP contribution in [-0.4, -0.2) is 30.7 Å². The molecule has 2 heterocycles. The lowest BCUT2D eigenvalue weighted by Crippen LogP contribution is -2.45. The Morgan fingerprint density at radius 3 is 2.73 bits per heavy atom. The zero-order valence-electron chi connectivity index (χ0n) is 15.5. The van der Waals surface area contributed by atoms with E-state index in [2.05, 4.69) is 15.5 Å². The Balaban J connectivity index is 1.98. The molecule has 26 heavy (non-hydrogen) atoms. The van der Waals surface area contributed by atoms with Gasteiger partial charge in [0.15, 0.2) is 0 Å². The molecule has 0 saturated carbocycles. The van der Waals surface area contributed by atoms with Gasteiger partial charge in [0.2, 0.25) is 5.91 Å². The number of hydrogen-bond donors (Lipinski definition) is 1. The molecule has 2 aliphatic rings. The molecule has 7 heteroatoms. The number of carbonyl (C=O) groups is 2. The van der Waals surface area contributed by atoms with Crippen molar-refractivity contribution in [2.24, 2.45) is 10.2 Å². The van der Waals surface area contributed by atoms with Crippen LogP contribution in [0.5, 0.6) is 0 Å². The van der Waals surface area contributed by atoms with Crippen molar-refractivity contribution in [2.45, 2.75) is 52.3 Å². The van der Waals surface area contributed by atoms with Gasteiger partial charge in [0.25, 0.3) is 0 Å². The van der Waals surface area contributed by atoms with E-state index in [0.717, 1.165) is 22.5 Å². The third-order valence-electron chi connectivity index (χ3n) is 4.49. The lowest BCUT2D eigenvalue weighted by Gasteiger charge is -2.39. The average Bonchev–Trinajstić information content (AvgIpc) is 3.07. The summed E-state index contributed by atoms with van der Waals surface area (Å²) in [4.78, 5) is 26.1. The van der Waals surface area contributed by atoms with Gasteiger partial charge in [-0.05, 0) is 51.0 Å². The van der Waals surface area contributed by atoms with Gasteiger partial charge in [-0.1, -0.05) is 6.07 Å². The zero-order chi connectivity index (χ0) is 18.8. The lowest BCUT2D eigenvalue weighted by molar-refractivity contribution is -0.117. The van der Waals surface area contributed by atoms with Crippen LogP contribution in [-0.2, 0) is 9.53 Å². The smallest absolute Gasteiger partial charge is 0.407 e. The van der Waals surface area contributed by atoms with Gasteiger partial charge in [-0.25, -0.2) is 4.79 Å². The molecule has 1 N–H and O–H groups in total. The minimum Gasteiger partial charge on any atom is -0.447 e. The quantitative estimate of drug-likeness (QED) is 0.894. The normalized spacial score (nSPS) is 21.4. The maximum atomic E-state index is 12.2. The third kappa shape index (κ3) is 3.61. The van der Waals surface area contributed by atoms with Crippen LogP contribution in [0.1, 0.15) is 51.3 Å². The predicted octanol–water partition coefficient (Wildman–Crippen LogP) is 3.81. The van der Waals surface area contributed by atoms with Crippen LogP contribution in [0.15, 0.2) is 34.5 Å². The summed E-state index contributed by atoms with van der Waals surface area (Å²) in [5, 5.41) is 11.1. The molecule has 0 aromatic heterocycles. The van der Waals surface area contributed by atoms with Crippen LogP contribution in [0.25, 0.3) is 5.70 Å². The molecule has 2 aliphatic heterocycles. The van der Waals surface area contributed by atoms with Crippen molar-refractivity contribution in [1.29, 1.82) is 0 Å². The van der Waals surface area contributed by atoms with E-state index in [-0.39, 0.29) is 24.1 Å². The number of azo groups is 1. The third-order valence-corrected chi connectivity index (χ3v) is 4.49. The molecular formula is C19H24N4O3. The minimum atomic E-state index is -0.454. The molecule has 2 amide bonds. The Hall–Kier alpha value is -2.70. The fourth-order valence-electron chi connectivity index (χ4n) is 3.49. The van der Waals surface area contributed by atoms with E-state index in [9.17, 15) is 9.59 Å². The second-order valence-electron chi connectivity index (χ2n) is 6.91. The molecule has 138 valence electrons. The van der Waals surface area contributed by atoms with E-state index in [1.165, 1.54) is 0 Å². The lowest BCUT2D eigenvalue weighted by atomic mass is 9.90. The number of carbonyl (C=O) groups excluding carboxylic acids is 2. The van der Waals surface area contributed by atoms with Gasteiger partial charge in [-0.2, -0.15) is 10.2 Å². The number of nitrogens with one attached hydrogen (secondary N) is 1. The van der Waals surface area contributed by atoms with Crippen molar-refractivity contribution in [2.75, 3.05) is 11.4 Å². The Morgan fingerprint density at radius 1 is 1.35 bits per heavy atom. The standard InChI is InChI=1S/C19H24N4O3/c1-11(2)26-19(25)21-17-9-12(3)23(13(4)24)18-6-5-14(10-15(17)18)16-7-8-20-22-16/h5-7,10-12,17H,8-9H2,1-4H3,(H,21,25)/t12-,17+/m0/s1. The molecule has 0 saturated heterocycles. The monoisotopic (exact) mass is 356 g/mol. The van der Waals surface area contributed by atoms with Crippen molar-refractivity contribution in [1.82, 2.24) is 5.32 Å². The van der Waals surface area contributed by atoms with E-state index in [4.69, 9.17) is 4.74 Å². The first kappa shape index (κ1) is 18.1. The Kier molecular flexibility index (Phi) is 5.06. The van der Waals surface area contributed by atoms with Crippen LogP contribution < -0.4 is 10.2 Å². The Bertz CT molecular complexity index is 785. The molecule has 1 aromatic rings. The summed E-state index contributed by atoms with van der Waals surface area (Å²) < 4.78 is 5.23. The van der Waals surface area contributed by atoms with E-state index in [0.29, 0.717) is 13.0 Å². The average molecular weight is 356 g/mol. The molecule has 0 bridgehead atoms. The Morgan fingerprint density at radius 2 is 2.12 bits per heavy atom. The Labute approximate surface area is 153 Å². The van der Waals surface area contributed by atoms with Crippen molar-refractivity contribution in [3.63, 3.8) is 0 Å². The van der Waals surface area contributed by atoms with Gasteiger partial charge >= 0.3 is 6.09 Å². The molecule has 0 radical (unpaired) electrons. The summed E-state index contributed by atoms with van der Waals surface area (Å²) in [6, 6.07) is 5.57. The van der Waals surface area contributed by atoms with Crippen molar-refractivity contribution >= 4 is 23.4 Å². The highest BCUT2D eigenvalue weighted by Gasteiger charge is 2.34. The van der Waals surface area contributed by atoms with Crippen LogP contribution in [0.4, 0.5) is 10.5 Å². The van der Waals surface area contributed by atoms with Crippen molar-refractivity contribution < 1.29 is 14.3 Å². The fraction of sp³-hybridized carbons (Fsp3) is 0.474. The first-order valence-electron chi connectivity index (χ1n) is 8.85. The molecule has 2 atom stereocenters. The van der Waals surface area contributed by atoms with E-state index in [1.54, 1.807) is 11.8 Å². The number of ether oxygens (including phenoxy) is 1. The first-order chi connectivity index (χ1) is 12.4. The summed E-state index contributed by atoms with van der Waals surface area (Å²) in [5.41, 5.74) is 3.43. The predicted molar refractivity (Wildman–Crippen MR) is 98.9 cm³/mol. The molecule has 0 fully saturated rings. The topological polar surface area (TPSA) is 83.4 Å². The first-order valence-corrected chi connectivity index (χ1v) is 8.85. The highest BCUT2D eigenvalue weighted by Crippen LogP contribution is 2.39. The number of anilines is 1. The number of amides is 2. The second kappa shape index (κ2) is 7.27. The van der Waals surface area contributed by atoms with Gasteiger partial charge in [0, 0.05) is 24.2 Å². The van der Waals surface area contributed by atoms with Crippen molar-refractivity contribution in [3.05, 3.63) is 35.4 Å². The molecule has 0 spiro atoms. The van der Waals surface area contributed by atoms with E-state index < -0.39 is 6.09 Å². The van der Waals surface area contributed by atoms with Gasteiger partial charge in [0.1, 0.15) is 0 Å².